The second-order valence-electron chi connectivity index (χ2n) is 4.22. The van der Waals surface area contributed by atoms with Gasteiger partial charge in [-0.1, -0.05) is 55.2 Å². The molecule has 1 rings (SSSR count). The summed E-state index contributed by atoms with van der Waals surface area (Å²) in [7, 11) is 1.65. The van der Waals surface area contributed by atoms with Crippen molar-refractivity contribution in [1.29, 1.82) is 0 Å². The minimum atomic E-state index is -0.179. The minimum absolute atomic E-state index is 0.179. The predicted octanol–water partition coefficient (Wildman–Crippen LogP) is 2.70. The molecule has 104 valence electrons. The number of hydrogen-bond acceptors (Lipinski definition) is 6. The maximum atomic E-state index is 5.52. The first-order valence-electron chi connectivity index (χ1n) is 6.53. The summed E-state index contributed by atoms with van der Waals surface area (Å²) in [5, 5.41) is 8.36. The number of hydrogen-bond donors (Lipinski definition) is 1. The van der Waals surface area contributed by atoms with Gasteiger partial charge in [-0.05, 0) is 12.5 Å². The highest BCUT2D eigenvalue weighted by atomic mass is 32.2. The van der Waals surface area contributed by atoms with Crippen LogP contribution in [0, 0.1) is 0 Å². The van der Waals surface area contributed by atoms with Gasteiger partial charge in [0.05, 0.1) is 0 Å². The van der Waals surface area contributed by atoms with Gasteiger partial charge in [-0.15, -0.1) is 10.2 Å². The Hall–Kier alpha value is -0.113. The zero-order valence-electron chi connectivity index (χ0n) is 11.1. The second-order valence-corrected chi connectivity index (χ2v) is 8.27. The molecule has 0 aliphatic rings. The lowest BCUT2D eigenvalue weighted by molar-refractivity contribution is 0.438. The maximum Gasteiger partial charge on any atom is 0.203 e. The minimum Gasteiger partial charge on any atom is -0.427 e. The van der Waals surface area contributed by atoms with Crippen LogP contribution >= 0.6 is 23.1 Å². The topological polar surface area (TPSA) is 61.0 Å². The van der Waals surface area contributed by atoms with Crippen LogP contribution in [0.15, 0.2) is 4.34 Å². The standard InChI is InChI=1S/C11H23N3OS2Si/c1-15-18-9-7-5-3-2-4-6-8-16-11-14-13-10(12)17-11/h2-9,18H2,1H3,(H2,12,13). The molecule has 0 aliphatic carbocycles. The van der Waals surface area contributed by atoms with Gasteiger partial charge in [-0.25, -0.2) is 0 Å². The summed E-state index contributed by atoms with van der Waals surface area (Å²) in [6.07, 6.45) is 8.04. The van der Waals surface area contributed by atoms with Gasteiger partial charge in [0.2, 0.25) is 5.13 Å². The molecule has 0 atom stereocenters. The first kappa shape index (κ1) is 15.9. The molecule has 2 N–H and O–H groups in total. The van der Waals surface area contributed by atoms with E-state index in [9.17, 15) is 0 Å². The van der Waals surface area contributed by atoms with E-state index in [1.54, 1.807) is 11.8 Å². The summed E-state index contributed by atoms with van der Waals surface area (Å²) in [6.45, 7) is 0. The van der Waals surface area contributed by atoms with Crippen LogP contribution in [0.5, 0.6) is 0 Å². The molecule has 7 heteroatoms. The number of unbranched alkanes of at least 4 members (excludes halogenated alkanes) is 5. The molecule has 0 amide bonds. The Morgan fingerprint density at radius 2 is 1.89 bits per heavy atom. The summed E-state index contributed by atoms with van der Waals surface area (Å²) in [5.41, 5.74) is 5.52. The number of thioether (sulfide) groups is 1. The zero-order chi connectivity index (χ0) is 13.1. The fraction of sp³-hybridized carbons (Fsp3) is 0.818. The Balaban J connectivity index is 1.81. The van der Waals surface area contributed by atoms with Crippen molar-refractivity contribution in [2.24, 2.45) is 0 Å². The third-order valence-corrected chi connectivity index (χ3v) is 5.81. The van der Waals surface area contributed by atoms with Gasteiger partial charge in [0, 0.05) is 12.9 Å². The van der Waals surface area contributed by atoms with Crippen LogP contribution < -0.4 is 5.73 Å². The number of nitrogens with two attached hydrogens (primary N) is 1. The molecule has 0 fully saturated rings. The van der Waals surface area contributed by atoms with E-state index >= 15 is 0 Å². The van der Waals surface area contributed by atoms with Crippen LogP contribution in [0.25, 0.3) is 0 Å². The monoisotopic (exact) mass is 305 g/mol. The van der Waals surface area contributed by atoms with Crippen molar-refractivity contribution in [1.82, 2.24) is 10.2 Å². The normalized spacial score (nSPS) is 11.6. The van der Waals surface area contributed by atoms with Crippen LogP contribution in [0.3, 0.4) is 0 Å². The molecule has 0 aliphatic heterocycles. The molecule has 1 heterocycles. The van der Waals surface area contributed by atoms with Crippen LogP contribution in [-0.2, 0) is 4.43 Å². The summed E-state index contributed by atoms with van der Waals surface area (Å²) in [4.78, 5) is 0. The highest BCUT2D eigenvalue weighted by Crippen LogP contribution is 2.24. The highest BCUT2D eigenvalue weighted by Gasteiger charge is 2.00. The van der Waals surface area contributed by atoms with Crippen LogP contribution in [0.2, 0.25) is 6.04 Å². The van der Waals surface area contributed by atoms with E-state index < -0.39 is 0 Å². The van der Waals surface area contributed by atoms with E-state index in [0.29, 0.717) is 5.13 Å². The number of rotatable bonds is 11. The lowest BCUT2D eigenvalue weighted by atomic mass is 10.1. The Kier molecular flexibility index (Phi) is 9.55. The molecule has 1 aromatic heterocycles. The third-order valence-electron chi connectivity index (χ3n) is 2.64. The van der Waals surface area contributed by atoms with Crippen LogP contribution in [0.1, 0.15) is 38.5 Å². The maximum absolute atomic E-state index is 5.52. The SMILES string of the molecule is CO[SiH2]CCCCCCCCSc1nnc(N)s1. The lowest BCUT2D eigenvalue weighted by Gasteiger charge is -2.01. The fourth-order valence-corrected chi connectivity index (χ4v) is 4.22. The van der Waals surface area contributed by atoms with Gasteiger partial charge in [-0.3, -0.25) is 0 Å². The van der Waals surface area contributed by atoms with Gasteiger partial charge in [0.15, 0.2) is 14.1 Å². The van der Waals surface area contributed by atoms with Gasteiger partial charge in [0.25, 0.3) is 0 Å². The van der Waals surface area contributed by atoms with Gasteiger partial charge < -0.3 is 10.2 Å². The molecular formula is C11H23N3OS2Si. The van der Waals surface area contributed by atoms with Crippen molar-refractivity contribution in [3.05, 3.63) is 0 Å². The highest BCUT2D eigenvalue weighted by molar-refractivity contribution is 8.01. The van der Waals surface area contributed by atoms with Crippen LogP contribution in [-0.4, -0.2) is 32.8 Å². The molecule has 0 spiro atoms. The van der Waals surface area contributed by atoms with Crippen molar-refractivity contribution in [3.63, 3.8) is 0 Å². The first-order valence-corrected chi connectivity index (χ1v) is 9.91. The molecule has 4 nitrogen and oxygen atoms in total. The predicted molar refractivity (Wildman–Crippen MR) is 83.1 cm³/mol. The van der Waals surface area contributed by atoms with Crippen molar-refractivity contribution in [2.75, 3.05) is 18.6 Å². The number of nitrogen functional groups attached to an aromatic ring is 1. The van der Waals surface area contributed by atoms with Crippen molar-refractivity contribution in [2.45, 2.75) is 48.9 Å². The Morgan fingerprint density at radius 1 is 1.17 bits per heavy atom. The average molecular weight is 306 g/mol. The molecule has 0 saturated heterocycles. The first-order chi connectivity index (χ1) is 8.83. The molecule has 0 saturated carbocycles. The summed E-state index contributed by atoms with van der Waals surface area (Å²) < 4.78 is 6.16. The molecule has 1 aromatic rings. The second kappa shape index (κ2) is 10.8. The lowest BCUT2D eigenvalue weighted by Crippen LogP contribution is -1.92. The fourth-order valence-electron chi connectivity index (χ4n) is 1.67. The molecule has 0 aromatic carbocycles. The van der Waals surface area contributed by atoms with Gasteiger partial charge in [0.1, 0.15) is 0 Å². The van der Waals surface area contributed by atoms with Gasteiger partial charge >= 0.3 is 0 Å². The Morgan fingerprint density at radius 3 is 2.56 bits per heavy atom. The van der Waals surface area contributed by atoms with Crippen molar-refractivity contribution in [3.8, 4) is 0 Å². The van der Waals surface area contributed by atoms with Crippen molar-refractivity contribution >= 4 is 38.0 Å². The van der Waals surface area contributed by atoms with Crippen LogP contribution in [0.4, 0.5) is 5.13 Å². The van der Waals surface area contributed by atoms with E-state index in [1.807, 2.05) is 7.11 Å². The summed E-state index contributed by atoms with van der Waals surface area (Å²) in [5.74, 6) is 1.13. The molecular weight excluding hydrogens is 282 g/mol. The molecule has 0 bridgehead atoms. The smallest absolute Gasteiger partial charge is 0.203 e. The van der Waals surface area contributed by atoms with Gasteiger partial charge in [-0.2, -0.15) is 0 Å². The summed E-state index contributed by atoms with van der Waals surface area (Å²) >= 11 is 3.25. The molecule has 0 unspecified atom stereocenters. The summed E-state index contributed by atoms with van der Waals surface area (Å²) in [6, 6.07) is 1.34. The van der Waals surface area contributed by atoms with Crippen molar-refractivity contribution < 1.29 is 4.43 Å². The number of anilines is 1. The number of aromatic nitrogens is 2. The quantitative estimate of drug-likeness (QED) is 0.387. The van der Waals surface area contributed by atoms with E-state index in [2.05, 4.69) is 10.2 Å². The van der Waals surface area contributed by atoms with E-state index in [-0.39, 0.29) is 9.76 Å². The average Bonchev–Trinajstić information content (AvgIpc) is 2.77. The largest absolute Gasteiger partial charge is 0.427 e. The third kappa shape index (κ3) is 8.07. The zero-order valence-corrected chi connectivity index (χ0v) is 14.1. The Labute approximate surface area is 120 Å². The van der Waals surface area contributed by atoms with E-state index in [1.165, 1.54) is 55.9 Å². The Bertz CT molecular complexity index is 312. The van der Waals surface area contributed by atoms with E-state index in [4.69, 9.17) is 10.2 Å². The molecule has 0 radical (unpaired) electrons. The molecule has 18 heavy (non-hydrogen) atoms. The van der Waals surface area contributed by atoms with E-state index in [0.717, 1.165) is 10.1 Å². The number of nitrogens with zero attached hydrogens (tertiary/aromatic N) is 2.